The summed E-state index contributed by atoms with van der Waals surface area (Å²) in [5.41, 5.74) is 1.48. The van der Waals surface area contributed by atoms with Gasteiger partial charge in [0.1, 0.15) is 16.9 Å². The predicted molar refractivity (Wildman–Crippen MR) is 108 cm³/mol. The van der Waals surface area contributed by atoms with Gasteiger partial charge in [-0.25, -0.2) is 14.6 Å². The van der Waals surface area contributed by atoms with Gasteiger partial charge in [0.15, 0.2) is 12.2 Å². The largest absolute Gasteiger partial charge is 0.448 e. The number of alkyl carbamates (subject to hydrolysis) is 1. The molecule has 1 fully saturated rings. The fourth-order valence-corrected chi connectivity index (χ4v) is 3.54. The monoisotopic (exact) mass is 402 g/mol. The fourth-order valence-electron chi connectivity index (χ4n) is 3.54. The minimum Gasteiger partial charge on any atom is -0.448 e. The van der Waals surface area contributed by atoms with Crippen LogP contribution in [0.3, 0.4) is 0 Å². The Labute approximate surface area is 172 Å². The van der Waals surface area contributed by atoms with Gasteiger partial charge >= 0.3 is 12.1 Å². The van der Waals surface area contributed by atoms with Crippen molar-refractivity contribution in [3.63, 3.8) is 0 Å². The Balaban J connectivity index is 1.71. The first-order valence-electron chi connectivity index (χ1n) is 9.25. The number of esters is 1. The van der Waals surface area contributed by atoms with E-state index in [1.54, 1.807) is 31.2 Å². The first kappa shape index (κ1) is 19.3. The van der Waals surface area contributed by atoms with Crippen LogP contribution in [0.1, 0.15) is 39.9 Å². The van der Waals surface area contributed by atoms with Gasteiger partial charge in [0.05, 0.1) is 5.69 Å². The molecule has 2 heterocycles. The molecule has 30 heavy (non-hydrogen) atoms. The van der Waals surface area contributed by atoms with E-state index < -0.39 is 17.5 Å². The molecule has 0 saturated carbocycles. The number of rotatable bonds is 5. The van der Waals surface area contributed by atoms with E-state index in [4.69, 9.17) is 4.42 Å². The van der Waals surface area contributed by atoms with Crippen molar-refractivity contribution >= 4 is 23.9 Å². The molecule has 1 amide bonds. The summed E-state index contributed by atoms with van der Waals surface area (Å²) < 4.78 is 9.81. The number of oxazole rings is 1. The first-order chi connectivity index (χ1) is 14.4. The number of benzene rings is 2. The number of nitrogens with one attached hydrogen (secondary N) is 1. The lowest BCUT2D eigenvalue weighted by Gasteiger charge is -2.27. The van der Waals surface area contributed by atoms with E-state index in [1.807, 2.05) is 37.3 Å². The van der Waals surface area contributed by atoms with E-state index in [0.29, 0.717) is 22.6 Å². The summed E-state index contributed by atoms with van der Waals surface area (Å²) in [6, 6.07) is 16.2. The van der Waals surface area contributed by atoms with Gasteiger partial charge in [0.25, 0.3) is 0 Å². The number of Topliss-reactive ketones (excluding diaryl/α,β-unsaturated/α-hetero) is 1. The standard InChI is InChI=1S/C23H18N2O5/c1-14-19(24-13-29-14)23(2,17-6-4-3-5-7-17)20(26)16-10-8-15(9-11-16)12-18-21(27)30-22(28)25-18/h3-13H,1-2H3,(H,25,28). The van der Waals surface area contributed by atoms with Crippen LogP contribution in [0, 0.1) is 6.92 Å². The van der Waals surface area contributed by atoms with Gasteiger partial charge in [-0.1, -0.05) is 54.6 Å². The molecule has 1 N–H and O–H groups in total. The van der Waals surface area contributed by atoms with Gasteiger partial charge in [0.2, 0.25) is 0 Å². The number of carbonyl (C=O) groups is 3. The van der Waals surface area contributed by atoms with Crippen molar-refractivity contribution in [2.24, 2.45) is 0 Å². The summed E-state index contributed by atoms with van der Waals surface area (Å²) in [4.78, 5) is 40.7. The topological polar surface area (TPSA) is 98.5 Å². The highest BCUT2D eigenvalue weighted by molar-refractivity contribution is 6.08. The molecule has 0 aliphatic carbocycles. The average molecular weight is 402 g/mol. The van der Waals surface area contributed by atoms with Crippen molar-refractivity contribution in [3.05, 3.63) is 94.8 Å². The molecule has 0 spiro atoms. The second-order valence-corrected chi connectivity index (χ2v) is 7.06. The third kappa shape index (κ3) is 3.30. The van der Waals surface area contributed by atoms with Crippen LogP contribution in [0.4, 0.5) is 4.79 Å². The number of ether oxygens (including phenoxy) is 1. The zero-order chi connectivity index (χ0) is 21.3. The van der Waals surface area contributed by atoms with Gasteiger partial charge in [-0.15, -0.1) is 0 Å². The number of amides is 1. The lowest BCUT2D eigenvalue weighted by atomic mass is 9.73. The predicted octanol–water partition coefficient (Wildman–Crippen LogP) is 3.78. The van der Waals surface area contributed by atoms with Gasteiger partial charge < -0.3 is 9.15 Å². The van der Waals surface area contributed by atoms with E-state index >= 15 is 0 Å². The Morgan fingerprint density at radius 1 is 1.07 bits per heavy atom. The number of hydrogen-bond acceptors (Lipinski definition) is 6. The van der Waals surface area contributed by atoms with E-state index in [-0.39, 0.29) is 11.5 Å². The number of carbonyl (C=O) groups excluding carboxylic acids is 3. The Morgan fingerprint density at radius 2 is 1.77 bits per heavy atom. The molecule has 1 aliphatic heterocycles. The molecule has 1 atom stereocenters. The minimum atomic E-state index is -1.04. The highest BCUT2D eigenvalue weighted by atomic mass is 16.6. The number of aromatic nitrogens is 1. The SMILES string of the molecule is Cc1ocnc1C(C)(C(=O)c1ccc(C=C2NC(=O)OC2=O)cc1)c1ccccc1. The maximum Gasteiger partial charge on any atom is 0.419 e. The number of cyclic esters (lactones) is 2. The first-order valence-corrected chi connectivity index (χ1v) is 9.25. The number of nitrogens with zero attached hydrogens (tertiary/aromatic N) is 1. The zero-order valence-corrected chi connectivity index (χ0v) is 16.3. The van der Waals surface area contributed by atoms with Crippen LogP contribution in [-0.2, 0) is 14.9 Å². The van der Waals surface area contributed by atoms with Crippen LogP contribution in [-0.4, -0.2) is 22.8 Å². The maximum atomic E-state index is 13.6. The van der Waals surface area contributed by atoms with Gasteiger partial charge in [-0.05, 0) is 31.1 Å². The lowest BCUT2D eigenvalue weighted by molar-refractivity contribution is -0.130. The molecule has 1 aromatic heterocycles. The normalized spacial score (nSPS) is 16.8. The Hall–Kier alpha value is -4.00. The van der Waals surface area contributed by atoms with Gasteiger partial charge in [-0.2, -0.15) is 0 Å². The van der Waals surface area contributed by atoms with Crippen LogP contribution in [0.15, 0.2) is 71.1 Å². The summed E-state index contributed by atoms with van der Waals surface area (Å²) in [7, 11) is 0. The average Bonchev–Trinajstić information content (AvgIpc) is 3.32. The Kier molecular flexibility index (Phi) is 4.79. The summed E-state index contributed by atoms with van der Waals surface area (Å²) in [5, 5.41) is 2.32. The van der Waals surface area contributed by atoms with E-state index in [2.05, 4.69) is 15.0 Å². The molecule has 2 aromatic carbocycles. The van der Waals surface area contributed by atoms with Crippen LogP contribution >= 0.6 is 0 Å². The smallest absolute Gasteiger partial charge is 0.419 e. The molecular weight excluding hydrogens is 384 g/mol. The molecule has 1 saturated heterocycles. The van der Waals surface area contributed by atoms with E-state index in [1.165, 1.54) is 12.5 Å². The molecule has 4 rings (SSSR count). The van der Waals surface area contributed by atoms with E-state index in [9.17, 15) is 14.4 Å². The van der Waals surface area contributed by atoms with Crippen molar-refractivity contribution < 1.29 is 23.5 Å². The molecule has 0 radical (unpaired) electrons. The third-order valence-corrected chi connectivity index (χ3v) is 5.15. The number of ketones is 1. The molecular formula is C23H18N2O5. The third-order valence-electron chi connectivity index (χ3n) is 5.15. The van der Waals surface area contributed by atoms with Crippen molar-refractivity contribution in [1.82, 2.24) is 10.3 Å². The maximum absolute atomic E-state index is 13.6. The van der Waals surface area contributed by atoms with Gasteiger partial charge in [-0.3, -0.25) is 10.1 Å². The second kappa shape index (κ2) is 7.44. The molecule has 1 unspecified atom stereocenters. The highest BCUT2D eigenvalue weighted by Crippen LogP contribution is 2.36. The highest BCUT2D eigenvalue weighted by Gasteiger charge is 2.41. The second-order valence-electron chi connectivity index (χ2n) is 7.06. The molecule has 3 aromatic rings. The molecule has 1 aliphatic rings. The molecule has 0 bridgehead atoms. The van der Waals surface area contributed by atoms with Crippen molar-refractivity contribution in [2.45, 2.75) is 19.3 Å². The zero-order valence-electron chi connectivity index (χ0n) is 16.3. The molecule has 7 heteroatoms. The van der Waals surface area contributed by atoms with Crippen LogP contribution < -0.4 is 5.32 Å². The van der Waals surface area contributed by atoms with Crippen molar-refractivity contribution in [3.8, 4) is 0 Å². The lowest BCUT2D eigenvalue weighted by Crippen LogP contribution is -2.35. The molecule has 7 nitrogen and oxygen atoms in total. The Bertz CT molecular complexity index is 1160. The van der Waals surface area contributed by atoms with Crippen LogP contribution in [0.2, 0.25) is 0 Å². The van der Waals surface area contributed by atoms with Crippen molar-refractivity contribution in [1.29, 1.82) is 0 Å². The van der Waals surface area contributed by atoms with E-state index in [0.717, 1.165) is 5.56 Å². The number of hydrogen-bond donors (Lipinski definition) is 1. The minimum absolute atomic E-state index is 0.0476. The summed E-state index contributed by atoms with van der Waals surface area (Å²) in [6.45, 7) is 3.61. The Morgan fingerprint density at radius 3 is 2.33 bits per heavy atom. The van der Waals surface area contributed by atoms with Crippen LogP contribution in [0.25, 0.3) is 6.08 Å². The number of aryl methyl sites for hydroxylation is 1. The summed E-state index contributed by atoms with van der Waals surface area (Å²) in [6.07, 6.45) is 2.02. The van der Waals surface area contributed by atoms with Crippen molar-refractivity contribution in [2.75, 3.05) is 0 Å². The van der Waals surface area contributed by atoms with Crippen LogP contribution in [0.5, 0.6) is 0 Å². The molecule has 150 valence electrons. The van der Waals surface area contributed by atoms with Gasteiger partial charge in [0, 0.05) is 5.56 Å². The summed E-state index contributed by atoms with van der Waals surface area (Å²) >= 11 is 0. The quantitative estimate of drug-likeness (QED) is 0.302. The summed E-state index contributed by atoms with van der Waals surface area (Å²) in [5.74, 6) is -0.302. The fraction of sp³-hybridized carbons (Fsp3) is 0.130.